The van der Waals surface area contributed by atoms with Gasteiger partial charge in [-0.2, -0.15) is 0 Å². The molecule has 1 saturated carbocycles. The Labute approximate surface area is 111 Å². The Hall–Kier alpha value is -2.17. The molecule has 2 N–H and O–H groups in total. The number of carbonyl (C=O) groups excluding carboxylic acids is 3. The lowest BCUT2D eigenvalue weighted by molar-refractivity contribution is -0.131. The molecule has 19 heavy (non-hydrogen) atoms. The number of nitrogens with one attached hydrogen (secondary N) is 2. The maximum Gasteiger partial charge on any atom is 0.251 e. The Kier molecular flexibility index (Phi) is 3.94. The molecular formula is C14H16N2O3. The summed E-state index contributed by atoms with van der Waals surface area (Å²) >= 11 is 0. The first kappa shape index (κ1) is 13.3. The molecule has 1 aromatic rings. The maximum atomic E-state index is 12.0. The van der Waals surface area contributed by atoms with Gasteiger partial charge in [-0.1, -0.05) is 6.07 Å². The lowest BCUT2D eigenvalue weighted by atomic mass is 9.93. The van der Waals surface area contributed by atoms with Gasteiger partial charge < -0.3 is 10.6 Å². The third-order valence-corrected chi connectivity index (χ3v) is 3.19. The van der Waals surface area contributed by atoms with Crippen LogP contribution in [0.25, 0.3) is 0 Å². The van der Waals surface area contributed by atoms with Crippen LogP contribution >= 0.6 is 0 Å². The van der Waals surface area contributed by atoms with Crippen molar-refractivity contribution in [3.05, 3.63) is 29.8 Å². The molecule has 0 aromatic heterocycles. The molecule has 1 aromatic carbocycles. The van der Waals surface area contributed by atoms with Crippen LogP contribution in [0, 0.1) is 0 Å². The highest BCUT2D eigenvalue weighted by Gasteiger charge is 2.28. The van der Waals surface area contributed by atoms with E-state index in [9.17, 15) is 14.4 Å². The average molecular weight is 260 g/mol. The first-order chi connectivity index (χ1) is 9.10. The van der Waals surface area contributed by atoms with Crippen molar-refractivity contribution >= 4 is 23.2 Å². The summed E-state index contributed by atoms with van der Waals surface area (Å²) in [4.78, 5) is 34.8. The van der Waals surface area contributed by atoms with Gasteiger partial charge in [0.1, 0.15) is 5.78 Å². The third-order valence-electron chi connectivity index (χ3n) is 3.19. The number of hydrogen-bond donors (Lipinski definition) is 2. The molecule has 0 bridgehead atoms. The van der Waals surface area contributed by atoms with E-state index in [0.717, 1.165) is 5.69 Å². The fourth-order valence-corrected chi connectivity index (χ4v) is 2.08. The summed E-state index contributed by atoms with van der Waals surface area (Å²) in [6.07, 6.45) is 0.684. The molecule has 5 nitrogen and oxygen atoms in total. The Morgan fingerprint density at radius 3 is 2.79 bits per heavy atom. The molecule has 1 aliphatic rings. The van der Waals surface area contributed by atoms with Crippen LogP contribution in [0.5, 0.6) is 0 Å². The lowest BCUT2D eigenvalue weighted by Gasteiger charge is -2.21. The summed E-state index contributed by atoms with van der Waals surface area (Å²) in [6.45, 7) is 0. The first-order valence-electron chi connectivity index (χ1n) is 6.23. The predicted octanol–water partition coefficient (Wildman–Crippen LogP) is 1.15. The van der Waals surface area contributed by atoms with Crippen LogP contribution in [-0.2, 0) is 9.59 Å². The Morgan fingerprint density at radius 2 is 2.11 bits per heavy atom. The minimum atomic E-state index is -0.538. The second kappa shape index (κ2) is 5.65. The van der Waals surface area contributed by atoms with E-state index in [1.807, 2.05) is 6.07 Å². The molecule has 1 unspecified atom stereocenters. The Bertz CT molecular complexity index is 525. The number of amides is 1. The molecule has 1 fully saturated rings. The van der Waals surface area contributed by atoms with E-state index in [2.05, 4.69) is 10.6 Å². The van der Waals surface area contributed by atoms with Gasteiger partial charge in [-0.3, -0.25) is 14.4 Å². The van der Waals surface area contributed by atoms with Gasteiger partial charge in [-0.15, -0.1) is 0 Å². The molecule has 0 aliphatic heterocycles. The molecule has 0 heterocycles. The van der Waals surface area contributed by atoms with Crippen LogP contribution in [-0.4, -0.2) is 30.6 Å². The van der Waals surface area contributed by atoms with Gasteiger partial charge in [0.05, 0.1) is 12.5 Å². The summed E-state index contributed by atoms with van der Waals surface area (Å²) < 4.78 is 0. The van der Waals surface area contributed by atoms with E-state index in [1.54, 1.807) is 25.2 Å². The zero-order chi connectivity index (χ0) is 13.8. The molecule has 100 valence electrons. The van der Waals surface area contributed by atoms with Crippen molar-refractivity contribution in [2.45, 2.75) is 25.3 Å². The zero-order valence-electron chi connectivity index (χ0n) is 10.7. The normalized spacial score (nSPS) is 19.1. The summed E-state index contributed by atoms with van der Waals surface area (Å²) in [5.41, 5.74) is 1.33. The van der Waals surface area contributed by atoms with Crippen molar-refractivity contribution in [3.8, 4) is 0 Å². The van der Waals surface area contributed by atoms with Gasteiger partial charge >= 0.3 is 0 Å². The third kappa shape index (κ3) is 3.19. The highest BCUT2D eigenvalue weighted by Crippen LogP contribution is 2.14. The van der Waals surface area contributed by atoms with Gasteiger partial charge in [0, 0.05) is 24.7 Å². The van der Waals surface area contributed by atoms with Gasteiger partial charge in [0.25, 0.3) is 5.91 Å². The Balaban J connectivity index is 2.04. The topological polar surface area (TPSA) is 75.3 Å². The number of rotatable bonds is 3. The summed E-state index contributed by atoms with van der Waals surface area (Å²) in [7, 11) is 1.77. The number of benzene rings is 1. The first-order valence-corrected chi connectivity index (χ1v) is 6.23. The van der Waals surface area contributed by atoms with Crippen LogP contribution in [0.15, 0.2) is 24.3 Å². The van der Waals surface area contributed by atoms with Crippen LogP contribution in [0.1, 0.15) is 29.6 Å². The number of ketones is 2. The largest absolute Gasteiger partial charge is 0.388 e. The van der Waals surface area contributed by atoms with E-state index in [0.29, 0.717) is 18.4 Å². The van der Waals surface area contributed by atoms with Gasteiger partial charge in [-0.05, 0) is 24.6 Å². The van der Waals surface area contributed by atoms with Crippen LogP contribution in [0.3, 0.4) is 0 Å². The number of Topliss-reactive ketones (excluding diaryl/α,β-unsaturated/α-hetero) is 2. The van der Waals surface area contributed by atoms with Crippen molar-refractivity contribution in [1.29, 1.82) is 0 Å². The highest BCUT2D eigenvalue weighted by atomic mass is 16.2. The minimum Gasteiger partial charge on any atom is -0.388 e. The molecule has 1 atom stereocenters. The fourth-order valence-electron chi connectivity index (χ4n) is 2.08. The lowest BCUT2D eigenvalue weighted by Crippen LogP contribution is -2.44. The minimum absolute atomic E-state index is 0.0484. The summed E-state index contributed by atoms with van der Waals surface area (Å²) in [6, 6.07) is 6.49. The quantitative estimate of drug-likeness (QED) is 0.799. The monoisotopic (exact) mass is 260 g/mol. The SMILES string of the molecule is CNc1cccc(C(=O)NC2CCC(=O)CC2=O)c1. The van der Waals surface area contributed by atoms with Crippen molar-refractivity contribution in [2.24, 2.45) is 0 Å². The number of hydrogen-bond acceptors (Lipinski definition) is 4. The van der Waals surface area contributed by atoms with Gasteiger partial charge in [0.2, 0.25) is 0 Å². The van der Waals surface area contributed by atoms with E-state index >= 15 is 0 Å². The average Bonchev–Trinajstić information content (AvgIpc) is 2.42. The van der Waals surface area contributed by atoms with E-state index < -0.39 is 6.04 Å². The van der Waals surface area contributed by atoms with Crippen LogP contribution in [0.2, 0.25) is 0 Å². The van der Waals surface area contributed by atoms with Crippen LogP contribution < -0.4 is 10.6 Å². The molecule has 1 aliphatic carbocycles. The molecule has 2 rings (SSSR count). The molecule has 0 spiro atoms. The van der Waals surface area contributed by atoms with Crippen molar-refractivity contribution < 1.29 is 14.4 Å². The standard InChI is InChI=1S/C14H16N2O3/c1-15-10-4-2-3-9(7-10)14(19)16-12-6-5-11(17)8-13(12)18/h2-4,7,12,15H,5-6,8H2,1H3,(H,16,19). The fraction of sp³-hybridized carbons (Fsp3) is 0.357. The second-order valence-corrected chi connectivity index (χ2v) is 4.58. The smallest absolute Gasteiger partial charge is 0.251 e. The van der Waals surface area contributed by atoms with E-state index in [4.69, 9.17) is 0 Å². The van der Waals surface area contributed by atoms with Gasteiger partial charge in [0.15, 0.2) is 5.78 Å². The Morgan fingerprint density at radius 1 is 1.32 bits per heavy atom. The van der Waals surface area contributed by atoms with E-state index in [-0.39, 0.29) is 23.9 Å². The summed E-state index contributed by atoms with van der Waals surface area (Å²) in [5, 5.41) is 5.64. The zero-order valence-corrected chi connectivity index (χ0v) is 10.7. The number of anilines is 1. The molecule has 0 radical (unpaired) electrons. The van der Waals surface area contributed by atoms with Gasteiger partial charge in [-0.25, -0.2) is 0 Å². The summed E-state index contributed by atoms with van der Waals surface area (Å²) in [5.74, 6) is -0.535. The molecular weight excluding hydrogens is 244 g/mol. The van der Waals surface area contributed by atoms with E-state index in [1.165, 1.54) is 0 Å². The van der Waals surface area contributed by atoms with Crippen molar-refractivity contribution in [3.63, 3.8) is 0 Å². The molecule has 1 amide bonds. The number of carbonyl (C=O) groups is 3. The molecule has 0 saturated heterocycles. The highest BCUT2D eigenvalue weighted by molar-refractivity contribution is 6.06. The molecule has 5 heteroatoms. The maximum absolute atomic E-state index is 12.0. The van der Waals surface area contributed by atoms with Crippen LogP contribution in [0.4, 0.5) is 5.69 Å². The predicted molar refractivity (Wildman–Crippen MR) is 71.1 cm³/mol. The van der Waals surface area contributed by atoms with Crippen molar-refractivity contribution in [2.75, 3.05) is 12.4 Å². The van der Waals surface area contributed by atoms with Crippen molar-refractivity contribution in [1.82, 2.24) is 5.32 Å². The second-order valence-electron chi connectivity index (χ2n) is 4.58.